The van der Waals surface area contributed by atoms with Crippen LogP contribution in [0, 0.1) is 0 Å². The predicted molar refractivity (Wildman–Crippen MR) is 107 cm³/mol. The molecule has 0 amide bonds. The highest BCUT2D eigenvalue weighted by Gasteiger charge is 2.17. The number of anilines is 1. The van der Waals surface area contributed by atoms with Crippen LogP contribution < -0.4 is 4.72 Å². The first kappa shape index (κ1) is 17.5. The number of sulfonamides is 1. The van der Waals surface area contributed by atoms with Crippen molar-refractivity contribution in [3.63, 3.8) is 0 Å². The van der Waals surface area contributed by atoms with Gasteiger partial charge < -0.3 is 0 Å². The lowest BCUT2D eigenvalue weighted by Gasteiger charge is -2.12. The highest BCUT2D eigenvalue weighted by Crippen LogP contribution is 2.32. The summed E-state index contributed by atoms with van der Waals surface area (Å²) < 4.78 is 27.7. The fourth-order valence-electron chi connectivity index (χ4n) is 2.82. The van der Waals surface area contributed by atoms with E-state index in [9.17, 15) is 8.42 Å². The summed E-state index contributed by atoms with van der Waals surface area (Å²) in [5.74, 6) is 0. The highest BCUT2D eigenvalue weighted by molar-refractivity contribution is 7.92. The van der Waals surface area contributed by atoms with Crippen LogP contribution in [0.2, 0.25) is 5.15 Å². The van der Waals surface area contributed by atoms with E-state index >= 15 is 0 Å². The molecule has 0 aliphatic heterocycles. The van der Waals surface area contributed by atoms with E-state index in [0.717, 1.165) is 21.9 Å². The van der Waals surface area contributed by atoms with Gasteiger partial charge in [-0.1, -0.05) is 54.1 Å². The van der Waals surface area contributed by atoms with Gasteiger partial charge in [-0.3, -0.25) is 9.71 Å². The summed E-state index contributed by atoms with van der Waals surface area (Å²) >= 11 is 6.14. The summed E-state index contributed by atoms with van der Waals surface area (Å²) in [5.41, 5.74) is 1.78. The lowest BCUT2D eigenvalue weighted by molar-refractivity contribution is 0.601. The normalized spacial score (nSPS) is 11.4. The fourth-order valence-corrected chi connectivity index (χ4v) is 4.10. The third kappa shape index (κ3) is 3.49. The van der Waals surface area contributed by atoms with Crippen LogP contribution in [0.5, 0.6) is 0 Å². The van der Waals surface area contributed by atoms with Crippen LogP contribution in [0.1, 0.15) is 0 Å². The first-order chi connectivity index (χ1) is 13.0. The maximum absolute atomic E-state index is 12.6. The Morgan fingerprint density at radius 2 is 1.63 bits per heavy atom. The van der Waals surface area contributed by atoms with Crippen LogP contribution in [-0.4, -0.2) is 18.4 Å². The van der Waals surface area contributed by atoms with Gasteiger partial charge >= 0.3 is 0 Å². The molecule has 2 aromatic heterocycles. The molecule has 0 fully saturated rings. The van der Waals surface area contributed by atoms with Crippen LogP contribution in [0.4, 0.5) is 5.69 Å². The summed E-state index contributed by atoms with van der Waals surface area (Å²) in [5, 5.41) is 2.05. The Labute approximate surface area is 161 Å². The minimum atomic E-state index is -3.77. The van der Waals surface area contributed by atoms with Crippen molar-refractivity contribution in [2.75, 3.05) is 4.72 Å². The molecule has 0 bridgehead atoms. The van der Waals surface area contributed by atoms with E-state index < -0.39 is 10.0 Å². The molecular weight excluding hydrogens is 382 g/mol. The minimum Gasteiger partial charge on any atom is -0.276 e. The molecule has 2 aromatic carbocycles. The smallest absolute Gasteiger partial charge is 0.261 e. The molecule has 4 aromatic rings. The van der Waals surface area contributed by atoms with Gasteiger partial charge in [0.1, 0.15) is 0 Å². The Kier molecular flexibility index (Phi) is 4.51. The molecule has 0 saturated heterocycles. The number of benzene rings is 2. The molecule has 5 nitrogen and oxygen atoms in total. The van der Waals surface area contributed by atoms with Crippen LogP contribution in [0.25, 0.3) is 21.9 Å². The summed E-state index contributed by atoms with van der Waals surface area (Å²) in [6, 6.07) is 17.6. The number of fused-ring (bicyclic) bond motifs is 1. The second kappa shape index (κ2) is 6.98. The standard InChI is InChI=1S/C20H14ClN3O2S/c21-20-19(24-27(25,26)16-7-2-1-3-8-16)10-15(12-23-20)18-13-22-11-14-6-4-5-9-17(14)18/h1-13,24H. The number of rotatable bonds is 4. The third-order valence-electron chi connectivity index (χ3n) is 4.12. The number of nitrogens with zero attached hydrogens (tertiary/aromatic N) is 2. The predicted octanol–water partition coefficient (Wildman–Crippen LogP) is 4.75. The first-order valence-electron chi connectivity index (χ1n) is 8.11. The molecule has 134 valence electrons. The Hall–Kier alpha value is -2.96. The minimum absolute atomic E-state index is 0.0754. The van der Waals surface area contributed by atoms with E-state index in [0.29, 0.717) is 0 Å². The van der Waals surface area contributed by atoms with Crippen molar-refractivity contribution in [3.05, 3.63) is 84.4 Å². The Balaban J connectivity index is 1.78. The zero-order chi connectivity index (χ0) is 18.9. The van der Waals surface area contributed by atoms with E-state index in [-0.39, 0.29) is 15.7 Å². The van der Waals surface area contributed by atoms with E-state index in [1.54, 1.807) is 42.9 Å². The number of hydrogen-bond acceptors (Lipinski definition) is 4. The summed E-state index contributed by atoms with van der Waals surface area (Å²) in [7, 11) is -3.77. The van der Waals surface area contributed by atoms with Crippen LogP contribution in [-0.2, 0) is 10.0 Å². The van der Waals surface area contributed by atoms with Crippen molar-refractivity contribution in [2.24, 2.45) is 0 Å². The lowest BCUT2D eigenvalue weighted by atomic mass is 10.0. The molecule has 0 aliphatic rings. The van der Waals surface area contributed by atoms with Gasteiger partial charge in [0, 0.05) is 35.1 Å². The van der Waals surface area contributed by atoms with Crippen LogP contribution >= 0.6 is 11.6 Å². The van der Waals surface area contributed by atoms with Crippen LogP contribution in [0.15, 0.2) is 84.1 Å². The van der Waals surface area contributed by atoms with E-state index in [2.05, 4.69) is 14.7 Å². The van der Waals surface area contributed by atoms with Crippen molar-refractivity contribution in [1.82, 2.24) is 9.97 Å². The zero-order valence-corrected chi connectivity index (χ0v) is 15.6. The summed E-state index contributed by atoms with van der Waals surface area (Å²) in [4.78, 5) is 8.57. The zero-order valence-electron chi connectivity index (χ0n) is 14.0. The van der Waals surface area contributed by atoms with Gasteiger partial charge in [-0.15, -0.1) is 0 Å². The lowest BCUT2D eigenvalue weighted by Crippen LogP contribution is -2.13. The Morgan fingerprint density at radius 1 is 0.889 bits per heavy atom. The maximum Gasteiger partial charge on any atom is 0.261 e. The molecule has 0 saturated carbocycles. The van der Waals surface area contributed by atoms with Crippen molar-refractivity contribution in [3.8, 4) is 11.1 Å². The molecule has 27 heavy (non-hydrogen) atoms. The average Bonchev–Trinajstić information content (AvgIpc) is 2.70. The van der Waals surface area contributed by atoms with Crippen molar-refractivity contribution in [1.29, 1.82) is 0 Å². The second-order valence-corrected chi connectivity index (χ2v) is 7.93. The average molecular weight is 396 g/mol. The molecular formula is C20H14ClN3O2S. The molecule has 0 unspecified atom stereocenters. The number of nitrogens with one attached hydrogen (secondary N) is 1. The van der Waals surface area contributed by atoms with Crippen molar-refractivity contribution >= 4 is 38.1 Å². The van der Waals surface area contributed by atoms with Gasteiger partial charge in [0.05, 0.1) is 10.6 Å². The number of aromatic nitrogens is 2. The molecule has 0 atom stereocenters. The number of pyridine rings is 2. The van der Waals surface area contributed by atoms with Crippen molar-refractivity contribution in [2.45, 2.75) is 4.90 Å². The van der Waals surface area contributed by atoms with Gasteiger partial charge in [0.15, 0.2) is 5.15 Å². The van der Waals surface area contributed by atoms with Crippen LogP contribution in [0.3, 0.4) is 0 Å². The molecule has 2 heterocycles. The second-order valence-electron chi connectivity index (χ2n) is 5.89. The van der Waals surface area contributed by atoms with Gasteiger partial charge in [-0.2, -0.15) is 0 Å². The molecule has 1 N–H and O–H groups in total. The summed E-state index contributed by atoms with van der Waals surface area (Å²) in [6.07, 6.45) is 5.11. The van der Waals surface area contributed by atoms with Gasteiger partial charge in [-0.25, -0.2) is 13.4 Å². The van der Waals surface area contributed by atoms with E-state index in [1.165, 1.54) is 12.1 Å². The monoisotopic (exact) mass is 395 g/mol. The first-order valence-corrected chi connectivity index (χ1v) is 9.97. The topological polar surface area (TPSA) is 72.0 Å². The van der Waals surface area contributed by atoms with Gasteiger partial charge in [0.2, 0.25) is 0 Å². The molecule has 7 heteroatoms. The van der Waals surface area contributed by atoms with E-state index in [1.807, 2.05) is 24.3 Å². The molecule has 0 aliphatic carbocycles. The fraction of sp³-hybridized carbons (Fsp3) is 0. The highest BCUT2D eigenvalue weighted by atomic mass is 35.5. The maximum atomic E-state index is 12.6. The quantitative estimate of drug-likeness (QED) is 0.506. The third-order valence-corrected chi connectivity index (χ3v) is 5.80. The Bertz CT molecular complexity index is 1220. The number of halogens is 1. The molecule has 0 spiro atoms. The number of hydrogen-bond donors (Lipinski definition) is 1. The SMILES string of the molecule is O=S(=O)(Nc1cc(-c2cncc3ccccc23)cnc1Cl)c1ccccc1. The van der Waals surface area contributed by atoms with Crippen molar-refractivity contribution < 1.29 is 8.42 Å². The summed E-state index contributed by atoms with van der Waals surface area (Å²) in [6.45, 7) is 0. The van der Waals surface area contributed by atoms with E-state index in [4.69, 9.17) is 11.6 Å². The van der Waals surface area contributed by atoms with Gasteiger partial charge in [0.25, 0.3) is 10.0 Å². The molecule has 4 rings (SSSR count). The Morgan fingerprint density at radius 3 is 2.44 bits per heavy atom. The largest absolute Gasteiger partial charge is 0.276 e. The molecule has 0 radical (unpaired) electrons. The van der Waals surface area contributed by atoms with Gasteiger partial charge in [-0.05, 0) is 23.6 Å².